The fraction of sp³-hybridized carbons (Fsp3) is 0.348. The Balaban J connectivity index is 1.52. The van der Waals surface area contributed by atoms with Gasteiger partial charge in [-0.05, 0) is 38.8 Å². The Hall–Kier alpha value is -4.22. The summed E-state index contributed by atoms with van der Waals surface area (Å²) in [6.07, 6.45) is 8.15. The number of piperidine rings is 1. The lowest BCUT2D eigenvalue weighted by molar-refractivity contribution is 0.222. The van der Waals surface area contributed by atoms with Crippen LogP contribution in [0.1, 0.15) is 48.9 Å². The van der Waals surface area contributed by atoms with Crippen LogP contribution in [-0.4, -0.2) is 52.8 Å². The molecule has 176 valence electrons. The molecular formula is C23H21ClN10O. The first-order chi connectivity index (χ1) is 17.0. The van der Waals surface area contributed by atoms with Crippen molar-refractivity contribution in [3.63, 3.8) is 0 Å². The second kappa shape index (κ2) is 9.20. The SMILES string of the molecule is Cc1c(-c2cc(OC(C)c3cc(Cl)cnn3)c3c(C#N)cnn3c2)nnn1C1CCN(C#N)CC1. The van der Waals surface area contributed by atoms with Gasteiger partial charge in [0.2, 0.25) is 0 Å². The number of pyridine rings is 1. The third-order valence-electron chi connectivity index (χ3n) is 6.21. The lowest BCUT2D eigenvalue weighted by atomic mass is 10.0. The molecule has 0 bridgehead atoms. The maximum Gasteiger partial charge on any atom is 0.179 e. The molecule has 1 fully saturated rings. The molecule has 0 radical (unpaired) electrons. The molecule has 0 amide bonds. The van der Waals surface area contributed by atoms with Crippen molar-refractivity contribution >= 4 is 17.1 Å². The Labute approximate surface area is 206 Å². The van der Waals surface area contributed by atoms with Crippen LogP contribution in [0.5, 0.6) is 5.75 Å². The fourth-order valence-electron chi connectivity index (χ4n) is 4.36. The zero-order valence-corrected chi connectivity index (χ0v) is 19.9. The van der Waals surface area contributed by atoms with Crippen molar-refractivity contribution in [2.24, 2.45) is 0 Å². The van der Waals surface area contributed by atoms with Gasteiger partial charge >= 0.3 is 0 Å². The Bertz CT molecular complexity index is 1470. The summed E-state index contributed by atoms with van der Waals surface area (Å²) in [5, 5.41) is 40.4. The van der Waals surface area contributed by atoms with Gasteiger partial charge in [-0.3, -0.25) is 0 Å². The molecule has 0 saturated carbocycles. The topological polar surface area (TPSA) is 134 Å². The quantitative estimate of drug-likeness (QED) is 0.387. The molecule has 1 aliphatic rings. The van der Waals surface area contributed by atoms with Crippen molar-refractivity contribution < 1.29 is 4.74 Å². The van der Waals surface area contributed by atoms with Gasteiger partial charge in [0.25, 0.3) is 0 Å². The minimum absolute atomic E-state index is 0.177. The third kappa shape index (κ3) is 4.22. The monoisotopic (exact) mass is 488 g/mol. The summed E-state index contributed by atoms with van der Waals surface area (Å²) in [5.74, 6) is 0.460. The molecule has 4 aromatic rings. The molecular weight excluding hydrogens is 468 g/mol. The Morgan fingerprint density at radius 2 is 1.97 bits per heavy atom. The van der Waals surface area contributed by atoms with Crippen molar-refractivity contribution in [2.75, 3.05) is 13.1 Å². The first kappa shape index (κ1) is 22.6. The molecule has 1 atom stereocenters. The van der Waals surface area contributed by atoms with Crippen LogP contribution < -0.4 is 4.74 Å². The van der Waals surface area contributed by atoms with E-state index in [2.05, 4.69) is 37.9 Å². The van der Waals surface area contributed by atoms with E-state index in [1.54, 1.807) is 15.5 Å². The van der Waals surface area contributed by atoms with Crippen molar-refractivity contribution in [2.45, 2.75) is 38.8 Å². The standard InChI is InChI=1S/C23H21ClN10O/c1-14-22(30-31-34(14)19-3-5-32(13-26)6-4-19)16-7-21(23-17(9-25)10-28-33(23)12-16)35-15(2)20-8-18(24)11-27-29-20/h7-8,10-12,15,19H,3-6H2,1-2H3. The minimum Gasteiger partial charge on any atom is -0.482 e. The van der Waals surface area contributed by atoms with Gasteiger partial charge in [0, 0.05) is 24.8 Å². The highest BCUT2D eigenvalue weighted by atomic mass is 35.5. The van der Waals surface area contributed by atoms with Gasteiger partial charge in [-0.2, -0.15) is 25.8 Å². The molecule has 0 aromatic carbocycles. The highest BCUT2D eigenvalue weighted by molar-refractivity contribution is 6.30. The molecule has 35 heavy (non-hydrogen) atoms. The Morgan fingerprint density at radius 3 is 2.69 bits per heavy atom. The van der Waals surface area contributed by atoms with Crippen molar-refractivity contribution in [1.82, 2.24) is 39.7 Å². The summed E-state index contributed by atoms with van der Waals surface area (Å²) in [6.45, 7) is 5.22. The van der Waals surface area contributed by atoms with Crippen molar-refractivity contribution in [3.8, 4) is 29.3 Å². The van der Waals surface area contributed by atoms with Gasteiger partial charge in [0.15, 0.2) is 6.19 Å². The third-order valence-corrected chi connectivity index (χ3v) is 6.42. The fourth-order valence-corrected chi connectivity index (χ4v) is 4.51. The van der Waals surface area contributed by atoms with Crippen LogP contribution in [0.15, 0.2) is 30.7 Å². The van der Waals surface area contributed by atoms with E-state index in [-0.39, 0.29) is 6.04 Å². The van der Waals surface area contributed by atoms with Crippen LogP contribution in [0.3, 0.4) is 0 Å². The van der Waals surface area contributed by atoms with Gasteiger partial charge in [-0.25, -0.2) is 9.20 Å². The average Bonchev–Trinajstić information content (AvgIpc) is 3.47. The number of likely N-dealkylation sites (tertiary alicyclic amines) is 1. The first-order valence-corrected chi connectivity index (χ1v) is 11.5. The number of rotatable bonds is 5. The number of ether oxygens (including phenoxy) is 1. The molecule has 1 unspecified atom stereocenters. The number of fused-ring (bicyclic) bond motifs is 1. The maximum absolute atomic E-state index is 9.60. The van der Waals surface area contributed by atoms with Gasteiger partial charge in [0.1, 0.15) is 40.4 Å². The number of hydrogen-bond acceptors (Lipinski definition) is 9. The maximum atomic E-state index is 9.60. The lowest BCUT2D eigenvalue weighted by Crippen LogP contribution is -2.31. The number of hydrogen-bond donors (Lipinski definition) is 0. The number of nitriles is 2. The molecule has 5 rings (SSSR count). The first-order valence-electron chi connectivity index (χ1n) is 11.1. The average molecular weight is 489 g/mol. The van der Waals surface area contributed by atoms with Gasteiger partial charge in [0.05, 0.1) is 29.2 Å². The molecule has 1 aliphatic heterocycles. The van der Waals surface area contributed by atoms with E-state index in [0.717, 1.165) is 24.1 Å². The van der Waals surface area contributed by atoms with Crippen molar-refractivity contribution in [1.29, 1.82) is 10.5 Å². The minimum atomic E-state index is -0.483. The van der Waals surface area contributed by atoms with Crippen LogP contribution >= 0.6 is 11.6 Å². The molecule has 12 heteroatoms. The summed E-state index contributed by atoms with van der Waals surface area (Å²) < 4.78 is 9.80. The second-order valence-electron chi connectivity index (χ2n) is 8.40. The van der Waals surface area contributed by atoms with E-state index in [4.69, 9.17) is 21.6 Å². The summed E-state index contributed by atoms with van der Waals surface area (Å²) in [5.41, 5.74) is 3.86. The lowest BCUT2D eigenvalue weighted by Gasteiger charge is -2.28. The van der Waals surface area contributed by atoms with Crippen LogP contribution in [-0.2, 0) is 0 Å². The number of nitrogens with zero attached hydrogens (tertiary/aromatic N) is 10. The smallest absolute Gasteiger partial charge is 0.179 e. The molecule has 5 heterocycles. The molecule has 0 aliphatic carbocycles. The van der Waals surface area contributed by atoms with E-state index in [0.29, 0.717) is 46.3 Å². The van der Waals surface area contributed by atoms with E-state index in [1.165, 1.54) is 12.4 Å². The highest BCUT2D eigenvalue weighted by Crippen LogP contribution is 2.34. The molecule has 11 nitrogen and oxygen atoms in total. The normalized spacial score (nSPS) is 15.1. The van der Waals surface area contributed by atoms with Crippen molar-refractivity contribution in [3.05, 3.63) is 52.7 Å². The highest BCUT2D eigenvalue weighted by Gasteiger charge is 2.25. The molecule has 4 aromatic heterocycles. The second-order valence-corrected chi connectivity index (χ2v) is 8.84. The Kier molecular flexibility index (Phi) is 5.93. The summed E-state index contributed by atoms with van der Waals surface area (Å²) >= 11 is 6.07. The number of aromatic nitrogens is 7. The van der Waals surface area contributed by atoms with E-state index < -0.39 is 6.10 Å². The molecule has 0 spiro atoms. The van der Waals surface area contributed by atoms with E-state index in [9.17, 15) is 5.26 Å². The zero-order chi connectivity index (χ0) is 24.5. The van der Waals surface area contributed by atoms with Gasteiger partial charge in [-0.1, -0.05) is 16.8 Å². The molecule has 0 N–H and O–H groups in total. The van der Waals surface area contributed by atoms with Crippen LogP contribution in [0.25, 0.3) is 16.8 Å². The van der Waals surface area contributed by atoms with E-state index in [1.807, 2.05) is 30.8 Å². The van der Waals surface area contributed by atoms with Crippen LogP contribution in [0.4, 0.5) is 0 Å². The molecule has 1 saturated heterocycles. The summed E-state index contributed by atoms with van der Waals surface area (Å²) in [4.78, 5) is 1.76. The van der Waals surface area contributed by atoms with Crippen LogP contribution in [0.2, 0.25) is 5.02 Å². The summed E-state index contributed by atoms with van der Waals surface area (Å²) in [7, 11) is 0. The Morgan fingerprint density at radius 1 is 1.17 bits per heavy atom. The predicted molar refractivity (Wildman–Crippen MR) is 125 cm³/mol. The summed E-state index contributed by atoms with van der Waals surface area (Å²) in [6, 6.07) is 5.87. The van der Waals surface area contributed by atoms with E-state index >= 15 is 0 Å². The van der Waals surface area contributed by atoms with Crippen LogP contribution in [0, 0.1) is 29.7 Å². The number of halogens is 1. The van der Waals surface area contributed by atoms with Gasteiger partial charge in [-0.15, -0.1) is 5.10 Å². The zero-order valence-electron chi connectivity index (χ0n) is 19.1. The van der Waals surface area contributed by atoms with Gasteiger partial charge < -0.3 is 9.64 Å². The largest absolute Gasteiger partial charge is 0.482 e. The predicted octanol–water partition coefficient (Wildman–Crippen LogP) is 3.47.